The van der Waals surface area contributed by atoms with Gasteiger partial charge in [-0.3, -0.25) is 0 Å². The van der Waals surface area contributed by atoms with Gasteiger partial charge in [0.15, 0.2) is 5.69 Å². The summed E-state index contributed by atoms with van der Waals surface area (Å²) < 4.78 is 31.9. The zero-order chi connectivity index (χ0) is 14.5. The van der Waals surface area contributed by atoms with Crippen molar-refractivity contribution in [2.45, 2.75) is 26.3 Å². The Morgan fingerprint density at radius 3 is 2.95 bits per heavy atom. The molecule has 0 aromatic carbocycles. The number of halogens is 2. The Kier molecular flexibility index (Phi) is 4.78. The number of rotatable bonds is 6. The molecule has 5 nitrogen and oxygen atoms in total. The summed E-state index contributed by atoms with van der Waals surface area (Å²) in [6, 6.07) is 1.91. The third-order valence-electron chi connectivity index (χ3n) is 2.64. The number of carbonyl (C=O) groups excluding carboxylic acids is 1. The van der Waals surface area contributed by atoms with Crippen molar-refractivity contribution in [3.63, 3.8) is 0 Å². The quantitative estimate of drug-likeness (QED) is 0.770. The predicted octanol–water partition coefficient (Wildman–Crippen LogP) is 2.70. The highest BCUT2D eigenvalue weighted by molar-refractivity contribution is 7.07. The molecule has 0 saturated carbocycles. The summed E-state index contributed by atoms with van der Waals surface area (Å²) in [5.74, 6) is -0.871. The number of alkyl halides is 2. The number of thiophene rings is 1. The zero-order valence-electron chi connectivity index (χ0n) is 10.8. The van der Waals surface area contributed by atoms with E-state index in [0.717, 1.165) is 10.2 Å². The molecule has 8 heteroatoms. The molecule has 0 aliphatic heterocycles. The molecule has 2 heterocycles. The van der Waals surface area contributed by atoms with Gasteiger partial charge < -0.3 is 4.74 Å². The van der Waals surface area contributed by atoms with Crippen LogP contribution in [0.25, 0.3) is 0 Å². The molecule has 0 spiro atoms. The first-order chi connectivity index (χ1) is 9.63. The molecule has 0 bridgehead atoms. The van der Waals surface area contributed by atoms with Crippen LogP contribution in [0, 0.1) is 0 Å². The standard InChI is InChI=1S/C12H13F2N3O2S/c1-2-19-12(18)9-10(11(13)14)17(16-15-9)5-3-8-4-6-20-7-8/h4,6-7,11H,2-3,5H2,1H3. The van der Waals surface area contributed by atoms with Gasteiger partial charge in [-0.2, -0.15) is 11.3 Å². The molecule has 0 N–H and O–H groups in total. The van der Waals surface area contributed by atoms with Gasteiger partial charge in [0.25, 0.3) is 6.43 Å². The summed E-state index contributed by atoms with van der Waals surface area (Å²) in [7, 11) is 0. The van der Waals surface area contributed by atoms with E-state index in [2.05, 4.69) is 10.3 Å². The number of carbonyl (C=O) groups is 1. The van der Waals surface area contributed by atoms with Crippen molar-refractivity contribution in [3.8, 4) is 0 Å². The summed E-state index contributed by atoms with van der Waals surface area (Å²) in [6.07, 6.45) is -2.28. The molecule has 0 atom stereocenters. The van der Waals surface area contributed by atoms with Crippen molar-refractivity contribution in [3.05, 3.63) is 33.8 Å². The predicted molar refractivity (Wildman–Crippen MR) is 69.0 cm³/mol. The SMILES string of the molecule is CCOC(=O)c1nnn(CCc2ccsc2)c1C(F)F. The molecular formula is C12H13F2N3O2S. The molecule has 0 saturated heterocycles. The van der Waals surface area contributed by atoms with Crippen LogP contribution in [0.3, 0.4) is 0 Å². The fourth-order valence-corrected chi connectivity index (χ4v) is 2.42. The van der Waals surface area contributed by atoms with Crippen LogP contribution < -0.4 is 0 Å². The Bertz CT molecular complexity index is 569. The van der Waals surface area contributed by atoms with E-state index in [0.29, 0.717) is 6.42 Å². The Morgan fingerprint density at radius 2 is 2.35 bits per heavy atom. The number of nitrogens with zero attached hydrogens (tertiary/aromatic N) is 3. The Labute approximate surface area is 118 Å². The second kappa shape index (κ2) is 6.56. The molecule has 0 radical (unpaired) electrons. The molecule has 2 aromatic heterocycles. The van der Waals surface area contributed by atoms with Gasteiger partial charge in [-0.25, -0.2) is 18.3 Å². The van der Waals surface area contributed by atoms with E-state index in [1.165, 1.54) is 11.3 Å². The van der Waals surface area contributed by atoms with E-state index in [1.807, 2.05) is 16.8 Å². The lowest BCUT2D eigenvalue weighted by Crippen LogP contribution is -2.12. The monoisotopic (exact) mass is 301 g/mol. The first-order valence-electron chi connectivity index (χ1n) is 6.03. The minimum absolute atomic E-state index is 0.100. The van der Waals surface area contributed by atoms with Crippen molar-refractivity contribution in [2.75, 3.05) is 6.61 Å². The van der Waals surface area contributed by atoms with Gasteiger partial charge in [0.05, 0.1) is 6.61 Å². The van der Waals surface area contributed by atoms with Gasteiger partial charge in [-0.1, -0.05) is 5.21 Å². The topological polar surface area (TPSA) is 57.0 Å². The van der Waals surface area contributed by atoms with Crippen LogP contribution in [-0.4, -0.2) is 27.6 Å². The van der Waals surface area contributed by atoms with Crippen LogP contribution in [0.2, 0.25) is 0 Å². The maximum Gasteiger partial charge on any atom is 0.361 e. The van der Waals surface area contributed by atoms with Crippen molar-refractivity contribution in [1.29, 1.82) is 0 Å². The molecule has 0 aliphatic rings. The van der Waals surface area contributed by atoms with E-state index < -0.39 is 23.8 Å². The second-order valence-electron chi connectivity index (χ2n) is 3.95. The average Bonchev–Trinajstić information content (AvgIpc) is 3.05. The van der Waals surface area contributed by atoms with Gasteiger partial charge in [0.2, 0.25) is 0 Å². The fourth-order valence-electron chi connectivity index (χ4n) is 1.72. The third-order valence-corrected chi connectivity index (χ3v) is 3.37. The lowest BCUT2D eigenvalue weighted by atomic mass is 10.2. The van der Waals surface area contributed by atoms with E-state index in [-0.39, 0.29) is 13.2 Å². The Balaban J connectivity index is 2.18. The minimum atomic E-state index is -2.83. The minimum Gasteiger partial charge on any atom is -0.461 e. The average molecular weight is 301 g/mol. The second-order valence-corrected chi connectivity index (χ2v) is 4.73. The summed E-state index contributed by atoms with van der Waals surface area (Å²) >= 11 is 1.53. The molecule has 0 amide bonds. The van der Waals surface area contributed by atoms with Crippen LogP contribution in [0.5, 0.6) is 0 Å². The van der Waals surface area contributed by atoms with Crippen molar-refractivity contribution in [1.82, 2.24) is 15.0 Å². The number of aromatic nitrogens is 3. The molecular weight excluding hydrogens is 288 g/mol. The molecule has 2 aromatic rings. The van der Waals surface area contributed by atoms with E-state index in [4.69, 9.17) is 4.74 Å². The maximum absolute atomic E-state index is 13.1. The van der Waals surface area contributed by atoms with Crippen LogP contribution >= 0.6 is 11.3 Å². The molecule has 0 aliphatic carbocycles. The first kappa shape index (κ1) is 14.6. The zero-order valence-corrected chi connectivity index (χ0v) is 11.6. The highest BCUT2D eigenvalue weighted by Crippen LogP contribution is 2.22. The highest BCUT2D eigenvalue weighted by Gasteiger charge is 2.27. The number of ether oxygens (including phenoxy) is 1. The number of hydrogen-bond donors (Lipinski definition) is 0. The first-order valence-corrected chi connectivity index (χ1v) is 6.97. The maximum atomic E-state index is 13.1. The van der Waals surface area contributed by atoms with Crippen molar-refractivity contribution in [2.24, 2.45) is 0 Å². The smallest absolute Gasteiger partial charge is 0.361 e. The van der Waals surface area contributed by atoms with Crippen LogP contribution in [0.1, 0.15) is 35.1 Å². The lowest BCUT2D eigenvalue weighted by molar-refractivity contribution is 0.0506. The van der Waals surface area contributed by atoms with E-state index in [9.17, 15) is 13.6 Å². The summed E-state index contributed by atoms with van der Waals surface area (Å²) in [5, 5.41) is 11.0. The summed E-state index contributed by atoms with van der Waals surface area (Å²) in [4.78, 5) is 11.5. The normalized spacial score (nSPS) is 11.0. The third kappa shape index (κ3) is 3.19. The van der Waals surface area contributed by atoms with E-state index in [1.54, 1.807) is 6.92 Å². The van der Waals surface area contributed by atoms with E-state index >= 15 is 0 Å². The Hall–Kier alpha value is -1.83. The molecule has 108 valence electrons. The Morgan fingerprint density at radius 1 is 1.55 bits per heavy atom. The fraction of sp³-hybridized carbons (Fsp3) is 0.417. The number of esters is 1. The van der Waals surface area contributed by atoms with Gasteiger partial charge in [-0.05, 0) is 35.7 Å². The van der Waals surface area contributed by atoms with Gasteiger partial charge in [0.1, 0.15) is 5.69 Å². The molecule has 2 rings (SSSR count). The van der Waals surface area contributed by atoms with Crippen LogP contribution in [0.4, 0.5) is 8.78 Å². The van der Waals surface area contributed by atoms with Crippen molar-refractivity contribution >= 4 is 17.3 Å². The van der Waals surface area contributed by atoms with Gasteiger partial charge in [-0.15, -0.1) is 5.10 Å². The van der Waals surface area contributed by atoms with Gasteiger partial charge >= 0.3 is 5.97 Å². The molecule has 20 heavy (non-hydrogen) atoms. The van der Waals surface area contributed by atoms with Crippen LogP contribution in [0.15, 0.2) is 16.8 Å². The van der Waals surface area contributed by atoms with Gasteiger partial charge in [0, 0.05) is 6.54 Å². The summed E-state index contributed by atoms with van der Waals surface area (Å²) in [5.41, 5.74) is 0.134. The molecule has 0 unspecified atom stereocenters. The number of hydrogen-bond acceptors (Lipinski definition) is 5. The lowest BCUT2D eigenvalue weighted by Gasteiger charge is -2.06. The highest BCUT2D eigenvalue weighted by atomic mass is 32.1. The van der Waals surface area contributed by atoms with Crippen molar-refractivity contribution < 1.29 is 18.3 Å². The molecule has 0 fully saturated rings. The van der Waals surface area contributed by atoms with Crippen LogP contribution in [-0.2, 0) is 17.7 Å². The number of aryl methyl sites for hydroxylation is 2. The summed E-state index contributed by atoms with van der Waals surface area (Å²) in [6.45, 7) is 1.94. The largest absolute Gasteiger partial charge is 0.461 e.